The average Bonchev–Trinajstić information content (AvgIpc) is 3.22. The Morgan fingerprint density at radius 3 is 2.46 bits per heavy atom. The molecule has 2 aromatic carbocycles. The molecule has 6 nitrogen and oxygen atoms in total. The molecule has 2 amide bonds. The van der Waals surface area contributed by atoms with Crippen LogP contribution in [0.5, 0.6) is 0 Å². The maximum absolute atomic E-state index is 12.2. The number of rotatable bonds is 5. The van der Waals surface area contributed by atoms with Crippen LogP contribution in [0.15, 0.2) is 53.5 Å². The number of guanidine groups is 1. The number of carbonyl (C=O) groups excluding carboxylic acids is 1. The van der Waals surface area contributed by atoms with Crippen LogP contribution in [0, 0.1) is 0 Å². The van der Waals surface area contributed by atoms with Crippen molar-refractivity contribution in [3.8, 4) is 0 Å². The third-order valence-corrected chi connectivity index (χ3v) is 4.83. The molecule has 2 aromatic rings. The van der Waals surface area contributed by atoms with Gasteiger partial charge in [-0.3, -0.25) is 0 Å². The minimum Gasteiger partial charge on any atom is -0.370 e. The first-order valence-corrected chi connectivity index (χ1v) is 9.83. The molecule has 0 aliphatic carbocycles. The average molecular weight is 380 g/mol. The molecule has 28 heavy (non-hydrogen) atoms. The van der Waals surface area contributed by atoms with Gasteiger partial charge >= 0.3 is 6.03 Å². The fraction of sp³-hybridized carbons (Fsp3) is 0.364. The van der Waals surface area contributed by atoms with E-state index in [1.165, 1.54) is 5.56 Å². The van der Waals surface area contributed by atoms with Crippen LogP contribution >= 0.6 is 0 Å². The third-order valence-electron chi connectivity index (χ3n) is 4.83. The van der Waals surface area contributed by atoms with Gasteiger partial charge in [-0.25, -0.2) is 9.79 Å². The first-order chi connectivity index (χ1) is 13.5. The van der Waals surface area contributed by atoms with E-state index in [0.29, 0.717) is 18.4 Å². The molecule has 4 N–H and O–H groups in total. The lowest BCUT2D eigenvalue weighted by atomic mass is 10.0. The number of hydrogen-bond donors (Lipinski definition) is 3. The molecule has 1 heterocycles. The van der Waals surface area contributed by atoms with Crippen LogP contribution in [0.25, 0.3) is 0 Å². The van der Waals surface area contributed by atoms with Gasteiger partial charge in [0.25, 0.3) is 0 Å². The lowest BCUT2D eigenvalue weighted by Crippen LogP contribution is -2.32. The van der Waals surface area contributed by atoms with E-state index in [4.69, 9.17) is 5.73 Å². The van der Waals surface area contributed by atoms with Crippen molar-refractivity contribution in [3.63, 3.8) is 0 Å². The molecule has 0 bridgehead atoms. The number of nitrogens with one attached hydrogen (secondary N) is 2. The summed E-state index contributed by atoms with van der Waals surface area (Å²) in [5.74, 6) is 0.825. The van der Waals surface area contributed by atoms with E-state index in [1.54, 1.807) is 0 Å². The number of benzene rings is 2. The molecule has 148 valence electrons. The second kappa shape index (κ2) is 9.26. The smallest absolute Gasteiger partial charge is 0.321 e. The third kappa shape index (κ3) is 5.49. The zero-order valence-electron chi connectivity index (χ0n) is 16.6. The van der Waals surface area contributed by atoms with Gasteiger partial charge in [0.15, 0.2) is 5.96 Å². The van der Waals surface area contributed by atoms with E-state index in [9.17, 15) is 4.79 Å². The van der Waals surface area contributed by atoms with E-state index in [-0.39, 0.29) is 6.03 Å². The van der Waals surface area contributed by atoms with Crippen LogP contribution in [-0.2, 0) is 6.54 Å². The van der Waals surface area contributed by atoms with Crippen LogP contribution in [0.2, 0.25) is 0 Å². The van der Waals surface area contributed by atoms with E-state index in [0.717, 1.165) is 42.9 Å². The number of hydrogen-bond acceptors (Lipinski definition) is 2. The van der Waals surface area contributed by atoms with Gasteiger partial charge in [-0.2, -0.15) is 0 Å². The number of likely N-dealkylation sites (tertiary alicyclic amines) is 1. The lowest BCUT2D eigenvalue weighted by molar-refractivity contribution is 0.222. The first kappa shape index (κ1) is 19.7. The van der Waals surface area contributed by atoms with Gasteiger partial charge in [-0.05, 0) is 54.2 Å². The monoisotopic (exact) mass is 379 g/mol. The summed E-state index contributed by atoms with van der Waals surface area (Å²) in [5, 5.41) is 6.10. The first-order valence-electron chi connectivity index (χ1n) is 9.83. The van der Waals surface area contributed by atoms with Crippen molar-refractivity contribution in [1.82, 2.24) is 4.90 Å². The van der Waals surface area contributed by atoms with E-state index >= 15 is 0 Å². The highest BCUT2D eigenvalue weighted by molar-refractivity contribution is 5.92. The van der Waals surface area contributed by atoms with Gasteiger partial charge in [0, 0.05) is 24.5 Å². The topological polar surface area (TPSA) is 82.7 Å². The molecule has 0 atom stereocenters. The summed E-state index contributed by atoms with van der Waals surface area (Å²) in [6.45, 7) is 6.42. The quantitative estimate of drug-likeness (QED) is 0.533. The minimum absolute atomic E-state index is 0.0376. The minimum atomic E-state index is -0.0376. The van der Waals surface area contributed by atoms with Crippen molar-refractivity contribution in [2.24, 2.45) is 10.7 Å². The highest BCUT2D eigenvalue weighted by Gasteiger charge is 2.17. The van der Waals surface area contributed by atoms with Crippen molar-refractivity contribution in [3.05, 3.63) is 59.7 Å². The molecule has 0 spiro atoms. The summed E-state index contributed by atoms with van der Waals surface area (Å²) in [6.07, 6.45) is 2.16. The summed E-state index contributed by atoms with van der Waals surface area (Å²) in [4.78, 5) is 18.5. The molecule has 0 saturated carbocycles. The van der Waals surface area contributed by atoms with E-state index in [1.807, 2.05) is 41.3 Å². The Balaban J connectivity index is 1.58. The van der Waals surface area contributed by atoms with Crippen LogP contribution in [0.3, 0.4) is 0 Å². The van der Waals surface area contributed by atoms with Crippen molar-refractivity contribution < 1.29 is 4.79 Å². The molecule has 6 heteroatoms. The Kier molecular flexibility index (Phi) is 6.53. The summed E-state index contributed by atoms with van der Waals surface area (Å²) in [6, 6.07) is 15.9. The molecule has 0 aromatic heterocycles. The highest BCUT2D eigenvalue weighted by Crippen LogP contribution is 2.18. The Hall–Kier alpha value is -3.02. The summed E-state index contributed by atoms with van der Waals surface area (Å²) >= 11 is 0. The number of nitrogens with two attached hydrogens (primary N) is 1. The van der Waals surface area contributed by atoms with Crippen molar-refractivity contribution in [2.75, 3.05) is 23.7 Å². The zero-order valence-corrected chi connectivity index (χ0v) is 16.6. The Bertz CT molecular complexity index is 840. The number of carbonyl (C=O) groups is 1. The van der Waals surface area contributed by atoms with Gasteiger partial charge in [0.2, 0.25) is 0 Å². The second-order valence-corrected chi connectivity index (χ2v) is 7.43. The zero-order chi connectivity index (χ0) is 19.9. The fourth-order valence-corrected chi connectivity index (χ4v) is 3.21. The van der Waals surface area contributed by atoms with E-state index in [2.05, 4.69) is 41.6 Å². The van der Waals surface area contributed by atoms with E-state index < -0.39 is 0 Å². The molecule has 1 fully saturated rings. The van der Waals surface area contributed by atoms with Crippen LogP contribution < -0.4 is 16.4 Å². The maximum Gasteiger partial charge on any atom is 0.321 e. The maximum atomic E-state index is 12.2. The van der Waals surface area contributed by atoms with Crippen molar-refractivity contribution >= 4 is 23.4 Å². The molecule has 0 unspecified atom stereocenters. The second-order valence-electron chi connectivity index (χ2n) is 7.43. The largest absolute Gasteiger partial charge is 0.370 e. The van der Waals surface area contributed by atoms with Crippen LogP contribution in [0.4, 0.5) is 16.2 Å². The molecular weight excluding hydrogens is 350 g/mol. The van der Waals surface area contributed by atoms with Gasteiger partial charge in [-0.15, -0.1) is 0 Å². The van der Waals surface area contributed by atoms with Crippen molar-refractivity contribution in [2.45, 2.75) is 39.2 Å². The number of anilines is 2. The Morgan fingerprint density at radius 1 is 1.07 bits per heavy atom. The van der Waals surface area contributed by atoms with Gasteiger partial charge < -0.3 is 21.3 Å². The summed E-state index contributed by atoms with van der Waals surface area (Å²) < 4.78 is 0. The molecule has 3 rings (SSSR count). The standard InChI is InChI=1S/C22H29N5O/c1-16(2)18-8-6-10-20(14-18)25-21(23)24-15-17-7-5-9-19(13-17)26-22(28)27-11-3-4-12-27/h5-10,13-14,16H,3-4,11-12,15H2,1-2H3,(H,26,28)(H3,23,24,25). The normalized spacial score (nSPS) is 14.4. The number of aliphatic imine (C=N–C) groups is 1. The van der Waals surface area contributed by atoms with Crippen LogP contribution in [0.1, 0.15) is 43.7 Å². The summed E-state index contributed by atoms with van der Waals surface area (Å²) in [7, 11) is 0. The predicted molar refractivity (Wildman–Crippen MR) is 116 cm³/mol. The molecule has 1 aliphatic heterocycles. The molecule has 1 saturated heterocycles. The molecular formula is C22H29N5O. The number of amides is 2. The highest BCUT2D eigenvalue weighted by atomic mass is 16.2. The van der Waals surface area contributed by atoms with Gasteiger partial charge in [-0.1, -0.05) is 38.1 Å². The van der Waals surface area contributed by atoms with Crippen LogP contribution in [-0.4, -0.2) is 30.0 Å². The predicted octanol–water partition coefficient (Wildman–Crippen LogP) is 4.36. The molecule has 0 radical (unpaired) electrons. The number of nitrogens with zero attached hydrogens (tertiary/aromatic N) is 2. The Morgan fingerprint density at radius 2 is 1.75 bits per heavy atom. The fourth-order valence-electron chi connectivity index (χ4n) is 3.21. The molecule has 1 aliphatic rings. The SMILES string of the molecule is CC(C)c1cccc(NC(N)=NCc2cccc(NC(=O)N3CCCC3)c2)c1. The Labute approximate surface area is 166 Å². The lowest BCUT2D eigenvalue weighted by Gasteiger charge is -2.16. The van der Waals surface area contributed by atoms with Gasteiger partial charge in [0.05, 0.1) is 6.54 Å². The van der Waals surface area contributed by atoms with Crippen molar-refractivity contribution in [1.29, 1.82) is 0 Å². The summed E-state index contributed by atoms with van der Waals surface area (Å²) in [5.41, 5.74) is 9.99. The van der Waals surface area contributed by atoms with Gasteiger partial charge in [0.1, 0.15) is 0 Å². The number of urea groups is 1.